The van der Waals surface area contributed by atoms with Crippen molar-refractivity contribution in [2.75, 3.05) is 17.2 Å². The normalized spacial score (nSPS) is 12.0. The zero-order chi connectivity index (χ0) is 13.9. The number of anilines is 2. The number of pyridine rings is 1. The third-order valence-corrected chi connectivity index (χ3v) is 3.61. The molecule has 1 aliphatic heterocycles. The highest BCUT2D eigenvalue weighted by Crippen LogP contribution is 2.26. The molecule has 1 aromatic heterocycles. The van der Waals surface area contributed by atoms with Gasteiger partial charge in [-0.25, -0.2) is 0 Å². The number of amides is 1. The van der Waals surface area contributed by atoms with Crippen LogP contribution in [0.25, 0.3) is 0 Å². The number of rotatable bonds is 2. The molecule has 4 nitrogen and oxygen atoms in total. The SMILES string of the molecule is Cc1cnccc1NC(=O)c1cccc2c1CCCN2.Cl.Cl. The van der Waals surface area contributed by atoms with E-state index < -0.39 is 0 Å². The van der Waals surface area contributed by atoms with Crippen molar-refractivity contribution in [1.29, 1.82) is 0 Å². The molecule has 0 saturated heterocycles. The highest BCUT2D eigenvalue weighted by Gasteiger charge is 2.17. The molecule has 118 valence electrons. The summed E-state index contributed by atoms with van der Waals surface area (Å²) in [5.41, 5.74) is 4.72. The Morgan fingerprint density at radius 3 is 2.86 bits per heavy atom. The van der Waals surface area contributed by atoms with Crippen molar-refractivity contribution in [2.24, 2.45) is 0 Å². The lowest BCUT2D eigenvalue weighted by atomic mass is 9.97. The molecule has 0 unspecified atom stereocenters. The molecule has 1 amide bonds. The second-order valence-corrected chi connectivity index (χ2v) is 5.01. The summed E-state index contributed by atoms with van der Waals surface area (Å²) in [5, 5.41) is 6.31. The summed E-state index contributed by atoms with van der Waals surface area (Å²) in [7, 11) is 0. The van der Waals surface area contributed by atoms with Gasteiger partial charge in [0.05, 0.1) is 0 Å². The summed E-state index contributed by atoms with van der Waals surface area (Å²) in [4.78, 5) is 16.5. The Morgan fingerprint density at radius 2 is 2.09 bits per heavy atom. The highest BCUT2D eigenvalue weighted by molar-refractivity contribution is 6.06. The molecular formula is C16H19Cl2N3O. The number of nitrogens with zero attached hydrogens (tertiary/aromatic N) is 1. The Labute approximate surface area is 142 Å². The summed E-state index contributed by atoms with van der Waals surface area (Å²) in [6, 6.07) is 7.66. The molecule has 6 heteroatoms. The van der Waals surface area contributed by atoms with Crippen LogP contribution in [0.4, 0.5) is 11.4 Å². The topological polar surface area (TPSA) is 54.0 Å². The molecule has 0 spiro atoms. The first kappa shape index (κ1) is 18.3. The Hall–Kier alpha value is -1.78. The standard InChI is InChI=1S/C16H17N3O.2ClH/c1-11-10-17-9-7-14(11)19-16(20)13-4-2-6-15-12(13)5-3-8-18-15;;/h2,4,6-7,9-10,18H,3,5,8H2,1H3,(H,17,19,20);2*1H. The van der Waals surface area contributed by atoms with Crippen molar-refractivity contribution in [3.05, 3.63) is 53.3 Å². The molecule has 22 heavy (non-hydrogen) atoms. The van der Waals surface area contributed by atoms with Crippen molar-refractivity contribution in [3.8, 4) is 0 Å². The van der Waals surface area contributed by atoms with Crippen LogP contribution in [0.3, 0.4) is 0 Å². The number of nitrogens with one attached hydrogen (secondary N) is 2. The van der Waals surface area contributed by atoms with Gasteiger partial charge in [-0.3, -0.25) is 9.78 Å². The fraction of sp³-hybridized carbons (Fsp3) is 0.250. The Kier molecular flexibility index (Phi) is 6.65. The van der Waals surface area contributed by atoms with Gasteiger partial charge in [0, 0.05) is 35.9 Å². The summed E-state index contributed by atoms with van der Waals surface area (Å²) < 4.78 is 0. The number of aryl methyl sites for hydroxylation is 1. The van der Waals surface area contributed by atoms with Crippen LogP contribution in [0, 0.1) is 6.92 Å². The van der Waals surface area contributed by atoms with E-state index in [9.17, 15) is 4.79 Å². The van der Waals surface area contributed by atoms with Crippen molar-refractivity contribution in [1.82, 2.24) is 4.98 Å². The largest absolute Gasteiger partial charge is 0.385 e. The highest BCUT2D eigenvalue weighted by atomic mass is 35.5. The van der Waals surface area contributed by atoms with Gasteiger partial charge in [0.15, 0.2) is 0 Å². The van der Waals surface area contributed by atoms with E-state index in [0.29, 0.717) is 0 Å². The molecule has 0 radical (unpaired) electrons. The van der Waals surface area contributed by atoms with E-state index in [2.05, 4.69) is 15.6 Å². The van der Waals surface area contributed by atoms with E-state index in [1.165, 1.54) is 0 Å². The first-order valence-electron chi connectivity index (χ1n) is 6.83. The van der Waals surface area contributed by atoms with Crippen LogP contribution < -0.4 is 10.6 Å². The van der Waals surface area contributed by atoms with E-state index in [-0.39, 0.29) is 30.7 Å². The number of fused-ring (bicyclic) bond motifs is 1. The molecule has 1 aromatic carbocycles. The molecule has 3 rings (SSSR count). The van der Waals surface area contributed by atoms with Crippen molar-refractivity contribution >= 4 is 42.1 Å². The van der Waals surface area contributed by atoms with Crippen LogP contribution >= 0.6 is 24.8 Å². The fourth-order valence-electron chi connectivity index (χ4n) is 2.53. The van der Waals surface area contributed by atoms with E-state index in [1.807, 2.05) is 31.2 Å². The van der Waals surface area contributed by atoms with Gasteiger partial charge in [0.1, 0.15) is 0 Å². The summed E-state index contributed by atoms with van der Waals surface area (Å²) in [5.74, 6) is -0.0557. The Bertz CT molecular complexity index is 662. The molecule has 1 aliphatic rings. The number of hydrogen-bond donors (Lipinski definition) is 2. The Balaban J connectivity index is 0.00000121. The maximum absolute atomic E-state index is 12.5. The zero-order valence-electron chi connectivity index (χ0n) is 12.3. The van der Waals surface area contributed by atoms with Gasteiger partial charge >= 0.3 is 0 Å². The van der Waals surface area contributed by atoms with Crippen molar-refractivity contribution in [2.45, 2.75) is 19.8 Å². The van der Waals surface area contributed by atoms with Gasteiger partial charge in [0.2, 0.25) is 0 Å². The van der Waals surface area contributed by atoms with Crippen LogP contribution in [0.2, 0.25) is 0 Å². The molecule has 0 aliphatic carbocycles. The van der Waals surface area contributed by atoms with Crippen LogP contribution in [0.1, 0.15) is 27.9 Å². The van der Waals surface area contributed by atoms with Gasteiger partial charge in [0.25, 0.3) is 5.91 Å². The first-order chi connectivity index (χ1) is 9.75. The zero-order valence-corrected chi connectivity index (χ0v) is 13.9. The van der Waals surface area contributed by atoms with Crippen molar-refractivity contribution in [3.63, 3.8) is 0 Å². The number of carbonyl (C=O) groups excluding carboxylic acids is 1. The Morgan fingerprint density at radius 1 is 1.27 bits per heavy atom. The number of carbonyl (C=O) groups is 1. The molecule has 0 atom stereocenters. The van der Waals surface area contributed by atoms with Crippen LogP contribution in [-0.4, -0.2) is 17.4 Å². The molecule has 0 bridgehead atoms. The fourth-order valence-corrected chi connectivity index (χ4v) is 2.53. The molecule has 2 aromatic rings. The molecule has 2 N–H and O–H groups in total. The quantitative estimate of drug-likeness (QED) is 0.873. The maximum Gasteiger partial charge on any atom is 0.256 e. The number of aromatic nitrogens is 1. The van der Waals surface area contributed by atoms with Crippen LogP contribution in [-0.2, 0) is 6.42 Å². The lowest BCUT2D eigenvalue weighted by Crippen LogP contribution is -2.19. The van der Waals surface area contributed by atoms with Gasteiger partial charge in [-0.15, -0.1) is 24.8 Å². The van der Waals surface area contributed by atoms with Gasteiger partial charge in [-0.05, 0) is 49.1 Å². The predicted molar refractivity (Wildman–Crippen MR) is 94.7 cm³/mol. The molecule has 0 saturated carbocycles. The van der Waals surface area contributed by atoms with Crippen LogP contribution in [0.15, 0.2) is 36.7 Å². The molecular weight excluding hydrogens is 321 g/mol. The number of halogens is 2. The second-order valence-electron chi connectivity index (χ2n) is 5.01. The average Bonchev–Trinajstić information content (AvgIpc) is 2.49. The van der Waals surface area contributed by atoms with Gasteiger partial charge in [-0.1, -0.05) is 6.07 Å². The smallest absolute Gasteiger partial charge is 0.256 e. The minimum atomic E-state index is -0.0557. The summed E-state index contributed by atoms with van der Waals surface area (Å²) in [6.07, 6.45) is 5.44. The van der Waals surface area contributed by atoms with Gasteiger partial charge in [-0.2, -0.15) is 0 Å². The average molecular weight is 340 g/mol. The van der Waals surface area contributed by atoms with E-state index in [1.54, 1.807) is 12.4 Å². The second kappa shape index (κ2) is 8.01. The minimum absolute atomic E-state index is 0. The first-order valence-corrected chi connectivity index (χ1v) is 6.83. The minimum Gasteiger partial charge on any atom is -0.385 e. The molecule has 0 fully saturated rings. The van der Waals surface area contributed by atoms with Gasteiger partial charge < -0.3 is 10.6 Å². The lowest BCUT2D eigenvalue weighted by molar-refractivity contribution is 0.102. The summed E-state index contributed by atoms with van der Waals surface area (Å²) >= 11 is 0. The monoisotopic (exact) mass is 339 g/mol. The predicted octanol–water partition coefficient (Wildman–Crippen LogP) is 3.84. The van der Waals surface area contributed by atoms with Crippen molar-refractivity contribution < 1.29 is 4.79 Å². The third-order valence-electron chi connectivity index (χ3n) is 3.61. The maximum atomic E-state index is 12.5. The number of benzene rings is 1. The summed E-state index contributed by atoms with van der Waals surface area (Å²) in [6.45, 7) is 2.91. The molecule has 2 heterocycles. The lowest BCUT2D eigenvalue weighted by Gasteiger charge is -2.20. The number of hydrogen-bond acceptors (Lipinski definition) is 3. The van der Waals surface area contributed by atoms with E-state index in [0.717, 1.165) is 47.5 Å². The van der Waals surface area contributed by atoms with Crippen LogP contribution in [0.5, 0.6) is 0 Å². The van der Waals surface area contributed by atoms with E-state index >= 15 is 0 Å². The van der Waals surface area contributed by atoms with E-state index in [4.69, 9.17) is 0 Å². The third kappa shape index (κ3) is 3.70.